The highest BCUT2D eigenvalue weighted by atomic mass is 16.5. The molecular weight excluding hydrogens is 180 g/mol. The van der Waals surface area contributed by atoms with E-state index in [-0.39, 0.29) is 12.1 Å². The van der Waals surface area contributed by atoms with Crippen molar-refractivity contribution in [2.75, 3.05) is 18.5 Å². The first-order valence-electron chi connectivity index (χ1n) is 4.55. The summed E-state index contributed by atoms with van der Waals surface area (Å²) in [5.74, 6) is 0. The molecule has 1 aromatic rings. The smallest absolute Gasteiger partial charge is 0.319 e. The Labute approximate surface area is 82.3 Å². The van der Waals surface area contributed by atoms with Gasteiger partial charge in [0.05, 0.1) is 19.3 Å². The van der Waals surface area contributed by atoms with Gasteiger partial charge in [-0.25, -0.2) is 4.79 Å². The highest BCUT2D eigenvalue weighted by Gasteiger charge is 2.19. The first-order valence-corrected chi connectivity index (χ1v) is 4.55. The third kappa shape index (κ3) is 2.23. The highest BCUT2D eigenvalue weighted by Crippen LogP contribution is 2.05. The zero-order valence-corrected chi connectivity index (χ0v) is 7.69. The second-order valence-corrected chi connectivity index (χ2v) is 3.20. The lowest BCUT2D eigenvalue weighted by Gasteiger charge is -2.26. The average molecular weight is 192 g/mol. The second kappa shape index (κ2) is 4.11. The van der Waals surface area contributed by atoms with Crippen LogP contribution in [0.25, 0.3) is 0 Å². The van der Waals surface area contributed by atoms with Gasteiger partial charge in [-0.1, -0.05) is 18.2 Å². The van der Waals surface area contributed by atoms with Crippen LogP contribution in [0.2, 0.25) is 0 Å². The van der Waals surface area contributed by atoms with Crippen LogP contribution in [0.1, 0.15) is 0 Å². The number of para-hydroxylation sites is 1. The van der Waals surface area contributed by atoms with E-state index in [0.717, 1.165) is 5.69 Å². The summed E-state index contributed by atoms with van der Waals surface area (Å²) in [4.78, 5) is 11.3. The van der Waals surface area contributed by atoms with Gasteiger partial charge < -0.3 is 15.4 Å². The predicted octanol–water partition coefficient (Wildman–Crippen LogP) is 1.21. The Bertz CT molecular complexity index is 309. The minimum Gasteiger partial charge on any atom is -0.377 e. The Balaban J connectivity index is 1.82. The molecule has 0 spiro atoms. The van der Waals surface area contributed by atoms with Crippen LogP contribution >= 0.6 is 0 Å². The highest BCUT2D eigenvalue weighted by molar-refractivity contribution is 5.89. The van der Waals surface area contributed by atoms with Crippen LogP contribution in [0.15, 0.2) is 30.3 Å². The van der Waals surface area contributed by atoms with E-state index in [2.05, 4.69) is 10.6 Å². The maximum atomic E-state index is 11.3. The minimum absolute atomic E-state index is 0.165. The van der Waals surface area contributed by atoms with Crippen molar-refractivity contribution in [3.63, 3.8) is 0 Å². The fourth-order valence-electron chi connectivity index (χ4n) is 1.19. The summed E-state index contributed by atoms with van der Waals surface area (Å²) in [5, 5.41) is 5.53. The van der Waals surface area contributed by atoms with Gasteiger partial charge in [0, 0.05) is 5.69 Å². The third-order valence-electron chi connectivity index (χ3n) is 2.00. The number of amides is 2. The fourth-order valence-corrected chi connectivity index (χ4v) is 1.19. The summed E-state index contributed by atoms with van der Waals surface area (Å²) in [7, 11) is 0. The Morgan fingerprint density at radius 3 is 2.57 bits per heavy atom. The van der Waals surface area contributed by atoms with Crippen LogP contribution in [0.3, 0.4) is 0 Å². The van der Waals surface area contributed by atoms with Gasteiger partial charge in [-0.15, -0.1) is 0 Å². The van der Waals surface area contributed by atoms with Gasteiger partial charge in [0.25, 0.3) is 0 Å². The molecule has 1 aromatic carbocycles. The first-order chi connectivity index (χ1) is 6.84. The Morgan fingerprint density at radius 1 is 1.29 bits per heavy atom. The maximum absolute atomic E-state index is 11.3. The number of carbonyl (C=O) groups is 1. The van der Waals surface area contributed by atoms with E-state index in [9.17, 15) is 4.79 Å². The summed E-state index contributed by atoms with van der Waals surface area (Å²) in [5.41, 5.74) is 0.797. The van der Waals surface area contributed by atoms with Crippen molar-refractivity contribution in [3.8, 4) is 0 Å². The van der Waals surface area contributed by atoms with Crippen molar-refractivity contribution in [2.45, 2.75) is 6.04 Å². The molecule has 1 aliphatic rings. The zero-order chi connectivity index (χ0) is 9.80. The average Bonchev–Trinajstić information content (AvgIpc) is 2.13. The van der Waals surface area contributed by atoms with E-state index < -0.39 is 0 Å². The maximum Gasteiger partial charge on any atom is 0.319 e. The molecule has 0 aromatic heterocycles. The molecule has 1 aliphatic heterocycles. The molecule has 4 heteroatoms. The zero-order valence-electron chi connectivity index (χ0n) is 7.69. The molecule has 2 rings (SSSR count). The van der Waals surface area contributed by atoms with Gasteiger partial charge in [0.2, 0.25) is 0 Å². The van der Waals surface area contributed by atoms with Crippen LogP contribution in [0.4, 0.5) is 10.5 Å². The van der Waals surface area contributed by atoms with Crippen LogP contribution in [-0.2, 0) is 4.74 Å². The summed E-state index contributed by atoms with van der Waals surface area (Å²) in [6.45, 7) is 1.23. The number of rotatable bonds is 2. The standard InChI is InChI=1S/C10H12N2O2/c13-10(12-9-6-14-7-9)11-8-4-2-1-3-5-8/h1-5,9H,6-7H2,(H2,11,12,13). The summed E-state index contributed by atoms with van der Waals surface area (Å²) in [6.07, 6.45) is 0. The lowest BCUT2D eigenvalue weighted by Crippen LogP contribution is -2.49. The molecule has 0 aliphatic carbocycles. The summed E-state index contributed by atoms with van der Waals surface area (Å²) < 4.78 is 4.94. The molecule has 2 N–H and O–H groups in total. The molecule has 0 saturated carbocycles. The number of benzene rings is 1. The first kappa shape index (κ1) is 9.02. The number of anilines is 1. The van der Waals surface area contributed by atoms with E-state index in [1.165, 1.54) is 0 Å². The number of carbonyl (C=O) groups excluding carboxylic acids is 1. The molecule has 0 bridgehead atoms. The lowest BCUT2D eigenvalue weighted by atomic mass is 10.3. The number of ether oxygens (including phenoxy) is 1. The SMILES string of the molecule is O=C(Nc1ccccc1)NC1COC1. The largest absolute Gasteiger partial charge is 0.377 e. The monoisotopic (exact) mass is 192 g/mol. The molecule has 1 fully saturated rings. The number of hydrogen-bond donors (Lipinski definition) is 2. The van der Waals surface area contributed by atoms with Crippen molar-refractivity contribution in [3.05, 3.63) is 30.3 Å². The number of hydrogen-bond acceptors (Lipinski definition) is 2. The van der Waals surface area contributed by atoms with E-state index in [1.54, 1.807) is 0 Å². The second-order valence-electron chi connectivity index (χ2n) is 3.20. The molecule has 1 saturated heterocycles. The topological polar surface area (TPSA) is 50.4 Å². The molecular formula is C10H12N2O2. The van der Waals surface area contributed by atoms with Crippen LogP contribution in [0.5, 0.6) is 0 Å². The Kier molecular flexibility index (Phi) is 2.65. The molecule has 2 amide bonds. The van der Waals surface area contributed by atoms with Gasteiger partial charge in [0.1, 0.15) is 0 Å². The molecule has 0 unspecified atom stereocenters. The van der Waals surface area contributed by atoms with Crippen LogP contribution < -0.4 is 10.6 Å². The molecule has 14 heavy (non-hydrogen) atoms. The van der Waals surface area contributed by atoms with E-state index in [0.29, 0.717) is 13.2 Å². The van der Waals surface area contributed by atoms with Gasteiger partial charge in [-0.05, 0) is 12.1 Å². The summed E-state index contributed by atoms with van der Waals surface area (Å²) >= 11 is 0. The summed E-state index contributed by atoms with van der Waals surface area (Å²) in [6, 6.07) is 9.34. The van der Waals surface area contributed by atoms with Crippen LogP contribution in [-0.4, -0.2) is 25.3 Å². The quantitative estimate of drug-likeness (QED) is 0.739. The van der Waals surface area contributed by atoms with Gasteiger partial charge in [-0.2, -0.15) is 0 Å². The van der Waals surface area contributed by atoms with Crippen molar-refractivity contribution in [2.24, 2.45) is 0 Å². The molecule has 0 atom stereocenters. The van der Waals surface area contributed by atoms with E-state index in [4.69, 9.17) is 4.74 Å². The molecule has 4 nitrogen and oxygen atoms in total. The normalized spacial score (nSPS) is 15.7. The molecule has 0 radical (unpaired) electrons. The van der Waals surface area contributed by atoms with Crippen LogP contribution in [0, 0.1) is 0 Å². The van der Waals surface area contributed by atoms with Gasteiger partial charge in [-0.3, -0.25) is 0 Å². The van der Waals surface area contributed by atoms with Gasteiger partial charge in [0.15, 0.2) is 0 Å². The lowest BCUT2D eigenvalue weighted by molar-refractivity contribution is 0.000735. The Hall–Kier alpha value is -1.55. The van der Waals surface area contributed by atoms with E-state index in [1.807, 2.05) is 30.3 Å². The fraction of sp³-hybridized carbons (Fsp3) is 0.300. The van der Waals surface area contributed by atoms with Gasteiger partial charge >= 0.3 is 6.03 Å². The number of nitrogens with one attached hydrogen (secondary N) is 2. The number of urea groups is 1. The van der Waals surface area contributed by atoms with Crippen molar-refractivity contribution in [1.82, 2.24) is 5.32 Å². The van der Waals surface area contributed by atoms with Crippen molar-refractivity contribution in [1.29, 1.82) is 0 Å². The minimum atomic E-state index is -0.176. The Morgan fingerprint density at radius 2 is 2.00 bits per heavy atom. The molecule has 1 heterocycles. The van der Waals surface area contributed by atoms with Crippen molar-refractivity contribution >= 4 is 11.7 Å². The molecule has 74 valence electrons. The predicted molar refractivity (Wildman–Crippen MR) is 53.2 cm³/mol. The van der Waals surface area contributed by atoms with E-state index >= 15 is 0 Å². The van der Waals surface area contributed by atoms with Crippen molar-refractivity contribution < 1.29 is 9.53 Å². The third-order valence-corrected chi connectivity index (χ3v) is 2.00.